The minimum atomic E-state index is -0.205. The summed E-state index contributed by atoms with van der Waals surface area (Å²) < 4.78 is 1.52. The highest BCUT2D eigenvalue weighted by molar-refractivity contribution is 5.77. The number of nitrogens with zero attached hydrogens (tertiary/aromatic N) is 2. The van der Waals surface area contributed by atoms with Gasteiger partial charge in [-0.25, -0.2) is 4.85 Å². The van der Waals surface area contributed by atoms with Crippen LogP contribution in [-0.4, -0.2) is 4.40 Å². The van der Waals surface area contributed by atoms with Crippen molar-refractivity contribution in [3.63, 3.8) is 0 Å². The summed E-state index contributed by atoms with van der Waals surface area (Å²) >= 11 is 0. The van der Waals surface area contributed by atoms with E-state index in [2.05, 4.69) is 4.85 Å². The Labute approximate surface area is 100 Å². The van der Waals surface area contributed by atoms with Crippen molar-refractivity contribution in [2.45, 2.75) is 26.2 Å². The molecule has 0 aliphatic carbocycles. The minimum absolute atomic E-state index is 0.0853. The monoisotopic (exact) mass is 226 g/mol. The number of hydrogen-bond acceptors (Lipinski definition) is 1. The van der Waals surface area contributed by atoms with E-state index < -0.39 is 0 Å². The summed E-state index contributed by atoms with van der Waals surface area (Å²) in [7, 11) is 0. The SMILES string of the molecule is [C-]#[N+]c1c(C(C)(C)C)cc(=O)n2ccccc12. The smallest absolute Gasteiger partial charge is 0.252 e. The fraction of sp³-hybridized carbons (Fsp3) is 0.286. The summed E-state index contributed by atoms with van der Waals surface area (Å²) in [4.78, 5) is 15.6. The van der Waals surface area contributed by atoms with Gasteiger partial charge in [0.05, 0.1) is 12.1 Å². The summed E-state index contributed by atoms with van der Waals surface area (Å²) in [6.45, 7) is 13.4. The lowest BCUT2D eigenvalue weighted by atomic mass is 9.86. The molecule has 2 aromatic rings. The molecule has 17 heavy (non-hydrogen) atoms. The van der Waals surface area contributed by atoms with Crippen LogP contribution in [0.2, 0.25) is 0 Å². The van der Waals surface area contributed by atoms with E-state index in [0.29, 0.717) is 11.2 Å². The van der Waals surface area contributed by atoms with Crippen molar-refractivity contribution in [1.29, 1.82) is 0 Å². The van der Waals surface area contributed by atoms with Crippen molar-refractivity contribution in [2.75, 3.05) is 0 Å². The van der Waals surface area contributed by atoms with Crippen LogP contribution in [-0.2, 0) is 5.41 Å². The molecular weight excluding hydrogens is 212 g/mol. The second-order valence-electron chi connectivity index (χ2n) is 5.06. The molecule has 0 saturated heterocycles. The summed E-state index contributed by atoms with van der Waals surface area (Å²) in [6, 6.07) is 7.01. The average molecular weight is 226 g/mol. The van der Waals surface area contributed by atoms with Crippen molar-refractivity contribution in [2.24, 2.45) is 0 Å². The molecule has 0 aromatic carbocycles. The highest BCUT2D eigenvalue weighted by Crippen LogP contribution is 2.33. The Bertz CT molecular complexity index is 669. The van der Waals surface area contributed by atoms with Gasteiger partial charge in [-0.3, -0.25) is 9.20 Å². The molecule has 86 valence electrons. The number of aromatic nitrogens is 1. The first-order valence-corrected chi connectivity index (χ1v) is 5.47. The molecule has 0 N–H and O–H groups in total. The molecule has 2 aromatic heterocycles. The number of rotatable bonds is 0. The van der Waals surface area contributed by atoms with E-state index in [4.69, 9.17) is 6.57 Å². The van der Waals surface area contributed by atoms with Crippen LogP contribution < -0.4 is 5.56 Å². The van der Waals surface area contributed by atoms with Gasteiger partial charge in [-0.05, 0) is 29.2 Å². The van der Waals surface area contributed by atoms with E-state index in [1.807, 2.05) is 32.9 Å². The lowest BCUT2D eigenvalue weighted by Crippen LogP contribution is -2.19. The second-order valence-corrected chi connectivity index (χ2v) is 5.06. The van der Waals surface area contributed by atoms with Crippen LogP contribution in [0.4, 0.5) is 5.69 Å². The number of pyridine rings is 2. The number of fused-ring (bicyclic) bond motifs is 1. The van der Waals surface area contributed by atoms with Crippen LogP contribution in [0.3, 0.4) is 0 Å². The molecule has 0 radical (unpaired) electrons. The van der Waals surface area contributed by atoms with Gasteiger partial charge in [-0.15, -0.1) is 0 Å². The third-order valence-corrected chi connectivity index (χ3v) is 2.78. The zero-order chi connectivity index (χ0) is 12.6. The van der Waals surface area contributed by atoms with E-state index in [1.165, 1.54) is 4.40 Å². The highest BCUT2D eigenvalue weighted by Gasteiger charge is 2.21. The third kappa shape index (κ3) is 1.83. The van der Waals surface area contributed by atoms with Gasteiger partial charge in [-0.1, -0.05) is 26.8 Å². The molecule has 0 bridgehead atoms. The van der Waals surface area contributed by atoms with E-state index in [0.717, 1.165) is 5.56 Å². The van der Waals surface area contributed by atoms with Gasteiger partial charge in [0.1, 0.15) is 0 Å². The minimum Gasteiger partial charge on any atom is -0.294 e. The van der Waals surface area contributed by atoms with Crippen molar-refractivity contribution in [1.82, 2.24) is 4.40 Å². The van der Waals surface area contributed by atoms with Crippen LogP contribution in [0.15, 0.2) is 35.3 Å². The molecular formula is C14H14N2O. The average Bonchev–Trinajstić information content (AvgIpc) is 2.28. The molecule has 0 saturated carbocycles. The van der Waals surface area contributed by atoms with Crippen molar-refractivity contribution in [3.8, 4) is 0 Å². The lowest BCUT2D eigenvalue weighted by molar-refractivity contribution is 0.591. The van der Waals surface area contributed by atoms with Gasteiger partial charge in [0.15, 0.2) is 0 Å². The molecule has 0 spiro atoms. The van der Waals surface area contributed by atoms with Gasteiger partial charge in [0.25, 0.3) is 5.56 Å². The lowest BCUT2D eigenvalue weighted by Gasteiger charge is -2.21. The molecule has 3 nitrogen and oxygen atoms in total. The Balaban J connectivity index is 3.00. The molecule has 3 heteroatoms. The standard InChI is InChI=1S/C14H14N2O/c1-14(2,3)10-9-12(17)16-8-6-5-7-11(16)13(10)15-4/h5-9H,1-3H3. The quantitative estimate of drug-likeness (QED) is 0.634. The maximum atomic E-state index is 12.0. The summed E-state index contributed by atoms with van der Waals surface area (Å²) in [5, 5.41) is 0. The van der Waals surface area contributed by atoms with E-state index in [9.17, 15) is 4.79 Å². The fourth-order valence-electron chi connectivity index (χ4n) is 1.92. The molecule has 2 rings (SSSR count). The first-order valence-electron chi connectivity index (χ1n) is 5.47. The molecule has 0 fully saturated rings. The first-order chi connectivity index (χ1) is 7.95. The van der Waals surface area contributed by atoms with Crippen molar-refractivity contribution < 1.29 is 0 Å². The first kappa shape index (κ1) is 11.4. The summed E-state index contributed by atoms with van der Waals surface area (Å²) in [5.41, 5.74) is 1.77. The molecule has 0 aliphatic heterocycles. The zero-order valence-corrected chi connectivity index (χ0v) is 10.2. The zero-order valence-electron chi connectivity index (χ0n) is 10.2. The summed E-state index contributed by atoms with van der Waals surface area (Å²) in [6.07, 6.45) is 1.69. The second kappa shape index (κ2) is 3.74. The van der Waals surface area contributed by atoms with E-state index in [-0.39, 0.29) is 11.0 Å². The maximum absolute atomic E-state index is 12.0. The van der Waals surface area contributed by atoms with Gasteiger partial charge in [0, 0.05) is 6.20 Å². The molecule has 0 aliphatic rings. The van der Waals surface area contributed by atoms with Crippen molar-refractivity contribution >= 4 is 11.2 Å². The maximum Gasteiger partial charge on any atom is 0.252 e. The Morgan fingerprint density at radius 3 is 2.59 bits per heavy atom. The van der Waals surface area contributed by atoms with Gasteiger partial charge >= 0.3 is 0 Å². The topological polar surface area (TPSA) is 25.8 Å². The van der Waals surface area contributed by atoms with Crippen LogP contribution >= 0.6 is 0 Å². The van der Waals surface area contributed by atoms with Crippen molar-refractivity contribution in [3.05, 3.63) is 57.8 Å². The highest BCUT2D eigenvalue weighted by atomic mass is 16.1. The van der Waals surface area contributed by atoms with Crippen LogP contribution in [0.1, 0.15) is 26.3 Å². The van der Waals surface area contributed by atoms with Gasteiger partial charge in [0.2, 0.25) is 5.69 Å². The molecule has 0 atom stereocenters. The Morgan fingerprint density at radius 2 is 2.00 bits per heavy atom. The molecule has 0 amide bonds. The third-order valence-electron chi connectivity index (χ3n) is 2.78. The Hall–Kier alpha value is -2.08. The largest absolute Gasteiger partial charge is 0.294 e. The number of hydrogen-bond donors (Lipinski definition) is 0. The van der Waals surface area contributed by atoms with Crippen LogP contribution in [0, 0.1) is 6.57 Å². The van der Waals surface area contributed by atoms with E-state index in [1.54, 1.807) is 18.3 Å². The van der Waals surface area contributed by atoms with Gasteiger partial charge < -0.3 is 0 Å². The predicted molar refractivity (Wildman–Crippen MR) is 68.6 cm³/mol. The van der Waals surface area contributed by atoms with Crippen LogP contribution in [0.5, 0.6) is 0 Å². The molecule has 2 heterocycles. The predicted octanol–water partition coefficient (Wildman–Crippen LogP) is 3.15. The fourth-order valence-corrected chi connectivity index (χ4v) is 1.92. The summed E-state index contributed by atoms with van der Waals surface area (Å²) in [5.74, 6) is 0. The Kier molecular flexibility index (Phi) is 2.51. The molecule has 0 unspecified atom stereocenters. The van der Waals surface area contributed by atoms with Crippen LogP contribution in [0.25, 0.3) is 10.4 Å². The normalized spacial score (nSPS) is 11.4. The van der Waals surface area contributed by atoms with E-state index >= 15 is 0 Å². The Morgan fingerprint density at radius 1 is 1.29 bits per heavy atom. The van der Waals surface area contributed by atoms with Gasteiger partial charge in [-0.2, -0.15) is 0 Å².